The Morgan fingerprint density at radius 3 is 1.46 bits per heavy atom. The number of benzene rings is 3. The second kappa shape index (κ2) is 17.7. The van der Waals surface area contributed by atoms with Crippen LogP contribution in [0, 0.1) is 5.82 Å². The summed E-state index contributed by atoms with van der Waals surface area (Å²) in [5.41, 5.74) is 2.15. The molecule has 0 saturated heterocycles. The number of methoxy groups -OCH3 is 1. The van der Waals surface area contributed by atoms with Crippen molar-refractivity contribution >= 4 is 30.2 Å². The number of aldehydes is 1. The van der Waals surface area contributed by atoms with Crippen LogP contribution in [0.4, 0.5) is 4.39 Å². The van der Waals surface area contributed by atoms with Gasteiger partial charge in [0.15, 0.2) is 11.6 Å². The van der Waals surface area contributed by atoms with E-state index in [4.69, 9.17) is 23.7 Å². The number of carbonyl (C=O) groups excluding carboxylic acids is 5. The lowest BCUT2D eigenvalue weighted by Gasteiger charge is -2.17. The number of hydrogen-bond donors (Lipinski definition) is 0. The fraction of sp³-hybridized carbons (Fsp3) is 0.154. The molecule has 0 bridgehead atoms. The molecule has 0 saturated carbocycles. The average molecular weight is 685 g/mol. The molecule has 3 aromatic rings. The van der Waals surface area contributed by atoms with E-state index in [0.29, 0.717) is 16.7 Å². The highest BCUT2D eigenvalue weighted by atomic mass is 19.1. The van der Waals surface area contributed by atoms with Gasteiger partial charge in [-0.15, -0.1) is 0 Å². The Balaban J connectivity index is 0.00000161. The number of rotatable bonds is 12. The standard InChI is InChI=1S/C35H31FO9.C4H6O/c1-18(2)32(37)42-23-11-13-24(30(15-23)44-34(39)20(5)6)22-10-12-25(29(14-22)43-33(38)19(3)4)26-16-27(36)31(17-28(26)41-9)45-35(40)21(7)8;1-4(2)3-5/h10-17H,1,3,5,7H2,2,4,6,8-9H3;3H,1H2,2H3. The fourth-order valence-electron chi connectivity index (χ4n) is 3.63. The summed E-state index contributed by atoms with van der Waals surface area (Å²) in [6, 6.07) is 11.2. The van der Waals surface area contributed by atoms with E-state index in [-0.39, 0.29) is 56.4 Å². The molecule has 50 heavy (non-hydrogen) atoms. The molecule has 0 heterocycles. The third kappa shape index (κ3) is 10.8. The third-order valence-electron chi connectivity index (χ3n) is 6.20. The molecule has 3 aromatic carbocycles. The van der Waals surface area contributed by atoms with E-state index in [1.165, 1.54) is 71.2 Å². The van der Waals surface area contributed by atoms with E-state index in [9.17, 15) is 24.0 Å². The van der Waals surface area contributed by atoms with Crippen LogP contribution in [0.5, 0.6) is 28.7 Å². The molecule has 0 aliphatic rings. The van der Waals surface area contributed by atoms with Crippen molar-refractivity contribution in [2.45, 2.75) is 34.6 Å². The Morgan fingerprint density at radius 1 is 0.560 bits per heavy atom. The molecule has 0 aliphatic carbocycles. The maximum absolute atomic E-state index is 15.2. The summed E-state index contributed by atoms with van der Waals surface area (Å²) >= 11 is 0. The molecule has 0 unspecified atom stereocenters. The number of halogens is 1. The predicted octanol–water partition coefficient (Wildman–Crippen LogP) is 7.86. The second-order valence-electron chi connectivity index (χ2n) is 11.0. The molecular formula is C39H37FO10. The Morgan fingerprint density at radius 2 is 1.00 bits per heavy atom. The lowest BCUT2D eigenvalue weighted by molar-refractivity contribution is -0.131. The van der Waals surface area contributed by atoms with Crippen molar-refractivity contribution in [1.29, 1.82) is 0 Å². The molecule has 0 N–H and O–H groups in total. The van der Waals surface area contributed by atoms with Crippen LogP contribution in [-0.4, -0.2) is 37.3 Å². The SMILES string of the molecule is C=C(C)C(=O)Oc1ccc(-c2ccc(-c3cc(F)c(OC(=O)C(=C)C)cc3OC)c(OC(=O)C(=C)C)c2)c(OC(=O)C(=C)C)c1.C=C(C)C=O. The normalized spacial score (nSPS) is 9.90. The summed E-state index contributed by atoms with van der Waals surface area (Å²) in [7, 11) is 1.33. The van der Waals surface area contributed by atoms with Gasteiger partial charge in [-0.3, -0.25) is 4.79 Å². The molecule has 10 nitrogen and oxygen atoms in total. The zero-order valence-corrected chi connectivity index (χ0v) is 28.7. The van der Waals surface area contributed by atoms with Gasteiger partial charge >= 0.3 is 23.9 Å². The van der Waals surface area contributed by atoms with Crippen molar-refractivity contribution in [3.63, 3.8) is 0 Å². The van der Waals surface area contributed by atoms with Crippen LogP contribution < -0.4 is 23.7 Å². The van der Waals surface area contributed by atoms with Gasteiger partial charge in [0, 0.05) is 51.1 Å². The Labute approximate surface area is 289 Å². The van der Waals surface area contributed by atoms with Gasteiger partial charge in [-0.2, -0.15) is 0 Å². The number of esters is 4. The van der Waals surface area contributed by atoms with Gasteiger partial charge in [0.2, 0.25) is 0 Å². The van der Waals surface area contributed by atoms with E-state index in [2.05, 4.69) is 32.9 Å². The zero-order chi connectivity index (χ0) is 37.9. The number of ether oxygens (including phenoxy) is 5. The minimum absolute atomic E-state index is 0.00671. The van der Waals surface area contributed by atoms with Crippen molar-refractivity contribution in [3.05, 3.63) is 115 Å². The monoisotopic (exact) mass is 684 g/mol. The van der Waals surface area contributed by atoms with E-state index < -0.39 is 35.4 Å². The van der Waals surface area contributed by atoms with Gasteiger partial charge in [-0.1, -0.05) is 39.0 Å². The first-order chi connectivity index (χ1) is 23.4. The Kier molecular flexibility index (Phi) is 14.1. The van der Waals surface area contributed by atoms with Crippen LogP contribution in [-0.2, 0) is 24.0 Å². The molecular weight excluding hydrogens is 647 g/mol. The molecule has 260 valence electrons. The highest BCUT2D eigenvalue weighted by Gasteiger charge is 2.22. The van der Waals surface area contributed by atoms with Gasteiger partial charge in [0.25, 0.3) is 0 Å². The van der Waals surface area contributed by atoms with Crippen LogP contribution in [0.2, 0.25) is 0 Å². The molecule has 0 radical (unpaired) electrons. The predicted molar refractivity (Wildman–Crippen MR) is 186 cm³/mol. The van der Waals surface area contributed by atoms with Crippen LogP contribution in [0.1, 0.15) is 34.6 Å². The van der Waals surface area contributed by atoms with Crippen LogP contribution in [0.3, 0.4) is 0 Å². The second-order valence-corrected chi connectivity index (χ2v) is 11.0. The molecule has 3 rings (SSSR count). The van der Waals surface area contributed by atoms with E-state index in [1.54, 1.807) is 13.0 Å². The summed E-state index contributed by atoms with van der Waals surface area (Å²) in [5.74, 6) is -4.14. The summed E-state index contributed by atoms with van der Waals surface area (Å²) in [6.07, 6.45) is 0.722. The highest BCUT2D eigenvalue weighted by Crippen LogP contribution is 2.43. The lowest BCUT2D eigenvalue weighted by Crippen LogP contribution is -2.11. The van der Waals surface area contributed by atoms with Crippen LogP contribution in [0.15, 0.2) is 109 Å². The smallest absolute Gasteiger partial charge is 0.338 e. The zero-order valence-electron chi connectivity index (χ0n) is 28.7. The van der Waals surface area contributed by atoms with Crippen molar-refractivity contribution in [3.8, 4) is 51.0 Å². The summed E-state index contributed by atoms with van der Waals surface area (Å²) in [4.78, 5) is 58.7. The molecule has 0 fully saturated rings. The van der Waals surface area contributed by atoms with E-state index >= 15 is 4.39 Å². The lowest BCUT2D eigenvalue weighted by atomic mass is 9.97. The summed E-state index contributed by atoms with van der Waals surface area (Å²) in [5, 5.41) is 0. The minimum Gasteiger partial charge on any atom is -0.496 e. The largest absolute Gasteiger partial charge is 0.496 e. The first-order valence-corrected chi connectivity index (χ1v) is 14.7. The van der Waals surface area contributed by atoms with Crippen molar-refractivity contribution in [2.75, 3.05) is 7.11 Å². The maximum Gasteiger partial charge on any atom is 0.338 e. The molecule has 0 amide bonds. The Bertz CT molecular complexity index is 1930. The van der Waals surface area contributed by atoms with Crippen molar-refractivity contribution < 1.29 is 52.0 Å². The molecule has 11 heteroatoms. The number of hydrogen-bond acceptors (Lipinski definition) is 10. The quantitative estimate of drug-likeness (QED) is 0.0804. The van der Waals surface area contributed by atoms with Gasteiger partial charge in [0.05, 0.1) is 7.11 Å². The average Bonchev–Trinajstić information content (AvgIpc) is 3.05. The minimum atomic E-state index is -0.893. The van der Waals surface area contributed by atoms with Gasteiger partial charge < -0.3 is 23.7 Å². The third-order valence-corrected chi connectivity index (χ3v) is 6.20. The number of allylic oxidation sites excluding steroid dienone is 1. The van der Waals surface area contributed by atoms with E-state index in [1.807, 2.05) is 0 Å². The van der Waals surface area contributed by atoms with Crippen molar-refractivity contribution in [2.24, 2.45) is 0 Å². The van der Waals surface area contributed by atoms with Crippen LogP contribution in [0.25, 0.3) is 22.3 Å². The van der Waals surface area contributed by atoms with E-state index in [0.717, 1.165) is 12.4 Å². The Hall–Kier alpha value is -6.36. The first kappa shape index (κ1) is 39.8. The summed E-state index contributed by atoms with van der Waals surface area (Å²) in [6.45, 7) is 25.0. The highest BCUT2D eigenvalue weighted by molar-refractivity contribution is 5.94. The fourth-order valence-corrected chi connectivity index (χ4v) is 3.63. The van der Waals surface area contributed by atoms with Crippen molar-refractivity contribution in [1.82, 2.24) is 0 Å². The molecule has 0 aliphatic heterocycles. The molecule has 0 aromatic heterocycles. The topological polar surface area (TPSA) is 132 Å². The van der Waals surface area contributed by atoms with Gasteiger partial charge in [-0.05, 0) is 76.1 Å². The number of carbonyl (C=O) groups is 5. The summed E-state index contributed by atoms with van der Waals surface area (Å²) < 4.78 is 42.2. The van der Waals surface area contributed by atoms with Gasteiger partial charge in [-0.25, -0.2) is 23.6 Å². The molecule has 0 atom stereocenters. The van der Waals surface area contributed by atoms with Crippen LogP contribution >= 0.6 is 0 Å². The maximum atomic E-state index is 15.2. The first-order valence-electron chi connectivity index (χ1n) is 14.7. The molecule has 0 spiro atoms. The van der Waals surface area contributed by atoms with Gasteiger partial charge in [0.1, 0.15) is 29.3 Å².